The lowest BCUT2D eigenvalue weighted by atomic mass is 9.99. The molecule has 126 valence electrons. The maximum Gasteiger partial charge on any atom is 0.266 e. The molecule has 0 saturated heterocycles. The molecule has 1 aliphatic rings. The number of imide groups is 1. The first-order valence-electron chi connectivity index (χ1n) is 8.25. The molecule has 0 aromatic heterocycles. The fraction of sp³-hybridized carbons (Fsp3) is 0.0455. The highest BCUT2D eigenvalue weighted by Gasteiger charge is 2.37. The van der Waals surface area contributed by atoms with E-state index < -0.39 is 5.91 Å². The molecule has 0 bridgehead atoms. The summed E-state index contributed by atoms with van der Waals surface area (Å²) in [6.45, 7) is 1.94. The van der Waals surface area contributed by atoms with Crippen LogP contribution in [0.25, 0.3) is 0 Å². The summed E-state index contributed by atoms with van der Waals surface area (Å²) in [5.74, 6) is -0.952. The zero-order chi connectivity index (χ0) is 18.3. The molecule has 3 aromatic rings. The number of nitrogens with zero attached hydrogens (tertiary/aromatic N) is 1. The lowest BCUT2D eigenvalue weighted by Crippen LogP contribution is -2.29. The normalized spacial score (nSPS) is 13.0. The van der Waals surface area contributed by atoms with Crippen LogP contribution in [0.3, 0.4) is 0 Å². The Morgan fingerprint density at radius 2 is 1.38 bits per heavy atom. The molecule has 2 amide bonds. The third-order valence-corrected chi connectivity index (χ3v) is 4.48. The summed E-state index contributed by atoms with van der Waals surface area (Å²) >= 11 is 0. The van der Waals surface area contributed by atoms with Crippen molar-refractivity contribution in [2.45, 2.75) is 6.92 Å². The summed E-state index contributed by atoms with van der Waals surface area (Å²) in [6.07, 6.45) is 0. The van der Waals surface area contributed by atoms with E-state index in [0.717, 1.165) is 10.5 Å². The van der Waals surface area contributed by atoms with Crippen molar-refractivity contribution in [2.24, 2.45) is 0 Å². The first-order valence-corrected chi connectivity index (χ1v) is 8.25. The van der Waals surface area contributed by atoms with E-state index in [1.807, 2.05) is 25.1 Å². The number of hydrogen-bond donors (Lipinski definition) is 0. The minimum Gasteiger partial charge on any atom is -0.289 e. The van der Waals surface area contributed by atoms with Gasteiger partial charge < -0.3 is 0 Å². The molecule has 4 heteroatoms. The Bertz CT molecular complexity index is 1040. The Hall–Kier alpha value is -3.53. The van der Waals surface area contributed by atoms with Gasteiger partial charge in [0.15, 0.2) is 5.78 Å². The smallest absolute Gasteiger partial charge is 0.266 e. The van der Waals surface area contributed by atoms with E-state index >= 15 is 0 Å². The predicted molar refractivity (Wildman–Crippen MR) is 98.6 cm³/mol. The van der Waals surface area contributed by atoms with Gasteiger partial charge in [-0.2, -0.15) is 0 Å². The second kappa shape index (κ2) is 6.08. The van der Waals surface area contributed by atoms with Crippen LogP contribution in [0.1, 0.15) is 42.2 Å². The van der Waals surface area contributed by atoms with Crippen LogP contribution < -0.4 is 4.90 Å². The number of carbonyl (C=O) groups excluding carboxylic acids is 3. The summed E-state index contributed by atoms with van der Waals surface area (Å²) < 4.78 is 0. The van der Waals surface area contributed by atoms with Crippen molar-refractivity contribution in [3.05, 3.63) is 101 Å². The summed E-state index contributed by atoms with van der Waals surface area (Å²) in [7, 11) is 0. The third-order valence-electron chi connectivity index (χ3n) is 4.48. The molecule has 0 spiro atoms. The van der Waals surface area contributed by atoms with E-state index in [1.165, 1.54) is 6.07 Å². The molecule has 0 aliphatic carbocycles. The monoisotopic (exact) mass is 341 g/mol. The molecule has 1 aliphatic heterocycles. The maximum atomic E-state index is 12.8. The summed E-state index contributed by atoms with van der Waals surface area (Å²) in [4.78, 5) is 39.2. The number of rotatable bonds is 3. The van der Waals surface area contributed by atoms with Gasteiger partial charge in [0.1, 0.15) is 0 Å². The van der Waals surface area contributed by atoms with E-state index in [1.54, 1.807) is 48.5 Å². The third kappa shape index (κ3) is 2.52. The van der Waals surface area contributed by atoms with Crippen LogP contribution >= 0.6 is 0 Å². The van der Waals surface area contributed by atoms with E-state index in [2.05, 4.69) is 0 Å². The number of amides is 2. The number of hydrogen-bond acceptors (Lipinski definition) is 3. The molecule has 1 heterocycles. The van der Waals surface area contributed by atoms with Crippen molar-refractivity contribution < 1.29 is 14.4 Å². The van der Waals surface area contributed by atoms with Gasteiger partial charge in [-0.1, -0.05) is 54.1 Å². The molecule has 4 nitrogen and oxygen atoms in total. The molecule has 0 saturated carbocycles. The number of aryl methyl sites for hydroxylation is 1. The zero-order valence-corrected chi connectivity index (χ0v) is 14.1. The van der Waals surface area contributed by atoms with Crippen molar-refractivity contribution in [3.8, 4) is 0 Å². The summed E-state index contributed by atoms with van der Waals surface area (Å²) in [5, 5.41) is 0. The van der Waals surface area contributed by atoms with Crippen LogP contribution in [-0.4, -0.2) is 17.6 Å². The van der Waals surface area contributed by atoms with Crippen molar-refractivity contribution in [1.82, 2.24) is 0 Å². The van der Waals surface area contributed by atoms with Gasteiger partial charge in [0.05, 0.1) is 16.8 Å². The Labute approximate surface area is 150 Å². The second-order valence-electron chi connectivity index (χ2n) is 6.24. The molecule has 26 heavy (non-hydrogen) atoms. The van der Waals surface area contributed by atoms with Crippen molar-refractivity contribution in [1.29, 1.82) is 0 Å². The van der Waals surface area contributed by atoms with Crippen LogP contribution in [0, 0.1) is 6.92 Å². The molecule has 3 aromatic carbocycles. The highest BCUT2D eigenvalue weighted by atomic mass is 16.2. The number of carbonyl (C=O) groups is 3. The van der Waals surface area contributed by atoms with Gasteiger partial charge in [-0.15, -0.1) is 0 Å². The fourth-order valence-corrected chi connectivity index (χ4v) is 3.07. The summed E-state index contributed by atoms with van der Waals surface area (Å²) in [5.41, 5.74) is 3.08. The highest BCUT2D eigenvalue weighted by molar-refractivity contribution is 6.34. The molecular formula is C22H15NO3. The number of benzene rings is 3. The maximum absolute atomic E-state index is 12.8. The minimum absolute atomic E-state index is 0.178. The predicted octanol–water partition coefficient (Wildman–Crippen LogP) is 4.03. The quantitative estimate of drug-likeness (QED) is 0.534. The van der Waals surface area contributed by atoms with E-state index in [0.29, 0.717) is 22.4 Å². The Kier molecular flexibility index (Phi) is 3.73. The average molecular weight is 341 g/mol. The van der Waals surface area contributed by atoms with Crippen molar-refractivity contribution in [3.63, 3.8) is 0 Å². The van der Waals surface area contributed by atoms with Gasteiger partial charge >= 0.3 is 0 Å². The Balaban J connectivity index is 1.73. The molecular weight excluding hydrogens is 326 g/mol. The van der Waals surface area contributed by atoms with Gasteiger partial charge in [0.2, 0.25) is 0 Å². The van der Waals surface area contributed by atoms with E-state index in [-0.39, 0.29) is 17.3 Å². The Morgan fingerprint density at radius 1 is 0.731 bits per heavy atom. The van der Waals surface area contributed by atoms with E-state index in [4.69, 9.17) is 0 Å². The van der Waals surface area contributed by atoms with Gasteiger partial charge in [-0.05, 0) is 31.2 Å². The van der Waals surface area contributed by atoms with Crippen molar-refractivity contribution >= 4 is 23.3 Å². The molecule has 4 rings (SSSR count). The fourth-order valence-electron chi connectivity index (χ4n) is 3.07. The topological polar surface area (TPSA) is 54.5 Å². The minimum atomic E-state index is -0.406. The SMILES string of the molecule is Cc1ccc(N2C(=O)c3ccc(C(=O)c4ccccc4)cc3C2=O)cc1. The lowest BCUT2D eigenvalue weighted by molar-refractivity contribution is 0.0925. The van der Waals surface area contributed by atoms with Crippen LogP contribution in [0.5, 0.6) is 0 Å². The first kappa shape index (κ1) is 16.0. The largest absolute Gasteiger partial charge is 0.289 e. The van der Waals surface area contributed by atoms with Crippen LogP contribution in [-0.2, 0) is 0 Å². The second-order valence-corrected chi connectivity index (χ2v) is 6.24. The Morgan fingerprint density at radius 3 is 2.08 bits per heavy atom. The lowest BCUT2D eigenvalue weighted by Gasteiger charge is -2.13. The van der Waals surface area contributed by atoms with Gasteiger partial charge in [-0.3, -0.25) is 14.4 Å². The standard InChI is InChI=1S/C22H15NO3/c1-14-7-10-17(11-8-14)23-21(25)18-12-9-16(13-19(18)22(23)26)20(24)15-5-3-2-4-6-15/h2-13H,1H3. The summed E-state index contributed by atoms with van der Waals surface area (Å²) in [6, 6.07) is 20.7. The first-order chi connectivity index (χ1) is 12.6. The molecule has 0 unspecified atom stereocenters. The molecule has 0 fully saturated rings. The van der Waals surface area contributed by atoms with Gasteiger partial charge in [0, 0.05) is 11.1 Å². The molecule has 0 atom stereocenters. The average Bonchev–Trinajstić information content (AvgIpc) is 2.93. The highest BCUT2D eigenvalue weighted by Crippen LogP contribution is 2.29. The van der Waals surface area contributed by atoms with Crippen LogP contribution in [0.2, 0.25) is 0 Å². The van der Waals surface area contributed by atoms with Crippen LogP contribution in [0.4, 0.5) is 5.69 Å². The van der Waals surface area contributed by atoms with Gasteiger partial charge in [-0.25, -0.2) is 4.90 Å². The van der Waals surface area contributed by atoms with Crippen LogP contribution in [0.15, 0.2) is 72.8 Å². The van der Waals surface area contributed by atoms with E-state index in [9.17, 15) is 14.4 Å². The molecule has 0 N–H and O–H groups in total. The van der Waals surface area contributed by atoms with Crippen molar-refractivity contribution in [2.75, 3.05) is 4.90 Å². The number of fused-ring (bicyclic) bond motifs is 1. The molecule has 0 radical (unpaired) electrons. The van der Waals surface area contributed by atoms with Gasteiger partial charge in [0.25, 0.3) is 11.8 Å². The number of anilines is 1. The number of ketones is 1. The zero-order valence-electron chi connectivity index (χ0n) is 14.1.